The number of rotatable bonds is 6. The number of nitrogens with one attached hydrogen (secondary N) is 1. The lowest BCUT2D eigenvalue weighted by molar-refractivity contribution is -0.890. The topological polar surface area (TPSA) is 52.2 Å². The standard InChI is InChI=1S/C15H19FN4OS/c1-10(21)9-22-15-18-17-14(11(2)19(3)4)20(15)13-7-5-12(16)6-8-13/h5-8,11H,9H2,1-4H3/p+1/t11-/m0/s1. The van der Waals surface area contributed by atoms with Crippen LogP contribution in [-0.4, -0.2) is 40.4 Å². The van der Waals surface area contributed by atoms with Crippen LogP contribution in [0, 0.1) is 5.82 Å². The summed E-state index contributed by atoms with van der Waals surface area (Å²) in [6, 6.07) is 6.32. The van der Waals surface area contributed by atoms with Crippen LogP contribution in [0.5, 0.6) is 0 Å². The SMILES string of the molecule is CC(=O)CSc1nnc([C@H](C)[NH+](C)C)n1-c1ccc(F)cc1. The van der Waals surface area contributed by atoms with Crippen molar-refractivity contribution in [3.8, 4) is 5.69 Å². The lowest BCUT2D eigenvalue weighted by Crippen LogP contribution is -3.05. The first-order valence-corrected chi connectivity index (χ1v) is 8.02. The minimum atomic E-state index is -0.289. The van der Waals surface area contributed by atoms with Crippen LogP contribution in [0.3, 0.4) is 0 Å². The van der Waals surface area contributed by atoms with Crippen LogP contribution in [0.1, 0.15) is 25.7 Å². The van der Waals surface area contributed by atoms with Gasteiger partial charge >= 0.3 is 0 Å². The number of aromatic nitrogens is 3. The molecule has 0 unspecified atom stereocenters. The molecule has 1 heterocycles. The van der Waals surface area contributed by atoms with E-state index in [1.54, 1.807) is 19.1 Å². The molecule has 0 spiro atoms. The van der Waals surface area contributed by atoms with Crippen LogP contribution in [-0.2, 0) is 4.79 Å². The molecule has 7 heteroatoms. The third kappa shape index (κ3) is 3.72. The first-order chi connectivity index (χ1) is 10.4. The molecule has 0 bridgehead atoms. The maximum atomic E-state index is 13.2. The first-order valence-electron chi connectivity index (χ1n) is 7.03. The van der Waals surface area contributed by atoms with Gasteiger partial charge in [-0.15, -0.1) is 10.2 Å². The molecule has 2 aromatic rings. The van der Waals surface area contributed by atoms with Gasteiger partial charge in [0.25, 0.3) is 0 Å². The predicted octanol–water partition coefficient (Wildman–Crippen LogP) is 1.29. The summed E-state index contributed by atoms with van der Waals surface area (Å²) in [5, 5.41) is 9.13. The van der Waals surface area contributed by atoms with Crippen molar-refractivity contribution in [2.45, 2.75) is 25.0 Å². The normalized spacial score (nSPS) is 12.6. The fourth-order valence-corrected chi connectivity index (χ4v) is 2.67. The van der Waals surface area contributed by atoms with E-state index in [1.807, 2.05) is 18.7 Å². The Balaban J connectivity index is 2.47. The Morgan fingerprint density at radius 2 is 1.95 bits per heavy atom. The van der Waals surface area contributed by atoms with Crippen LogP contribution >= 0.6 is 11.8 Å². The molecule has 0 radical (unpaired) electrons. The van der Waals surface area contributed by atoms with Crippen LogP contribution in [0.25, 0.3) is 5.69 Å². The zero-order valence-corrected chi connectivity index (χ0v) is 13.9. The number of thioether (sulfide) groups is 1. The van der Waals surface area contributed by atoms with E-state index >= 15 is 0 Å². The molecule has 0 saturated heterocycles. The second-order valence-corrected chi connectivity index (χ2v) is 6.38. The number of hydrogen-bond acceptors (Lipinski definition) is 4. The third-order valence-electron chi connectivity index (χ3n) is 3.40. The highest BCUT2D eigenvalue weighted by atomic mass is 32.2. The van der Waals surface area contributed by atoms with Gasteiger partial charge in [0.2, 0.25) is 0 Å². The lowest BCUT2D eigenvalue weighted by atomic mass is 10.2. The van der Waals surface area contributed by atoms with E-state index in [9.17, 15) is 9.18 Å². The van der Waals surface area contributed by atoms with Gasteiger partial charge in [-0.25, -0.2) is 4.39 Å². The zero-order valence-electron chi connectivity index (χ0n) is 13.1. The van der Waals surface area contributed by atoms with Crippen molar-refractivity contribution in [1.29, 1.82) is 0 Å². The van der Waals surface area contributed by atoms with E-state index in [0.29, 0.717) is 10.9 Å². The number of carbonyl (C=O) groups excluding carboxylic acids is 1. The number of benzene rings is 1. The minimum absolute atomic E-state index is 0.0755. The van der Waals surface area contributed by atoms with E-state index in [4.69, 9.17) is 0 Å². The molecular formula is C15H20FN4OS+. The van der Waals surface area contributed by atoms with Gasteiger partial charge in [-0.05, 0) is 38.1 Å². The Labute approximate surface area is 133 Å². The van der Waals surface area contributed by atoms with Gasteiger partial charge in [-0.2, -0.15) is 0 Å². The maximum Gasteiger partial charge on any atom is 0.196 e. The Bertz CT molecular complexity index is 654. The highest BCUT2D eigenvalue weighted by Gasteiger charge is 2.23. The number of quaternary nitrogens is 1. The van der Waals surface area contributed by atoms with Crippen molar-refractivity contribution in [2.75, 3.05) is 19.8 Å². The molecular weight excluding hydrogens is 303 g/mol. The summed E-state index contributed by atoms with van der Waals surface area (Å²) in [6.45, 7) is 3.60. The molecule has 0 aliphatic heterocycles. The van der Waals surface area contributed by atoms with Crippen molar-refractivity contribution >= 4 is 17.5 Å². The second kappa shape index (κ2) is 7.02. The van der Waals surface area contributed by atoms with Gasteiger partial charge < -0.3 is 4.90 Å². The largest absolute Gasteiger partial charge is 0.331 e. The highest BCUT2D eigenvalue weighted by Crippen LogP contribution is 2.24. The Hall–Kier alpha value is -1.73. The summed E-state index contributed by atoms with van der Waals surface area (Å²) in [6.07, 6.45) is 0. The number of hydrogen-bond donors (Lipinski definition) is 1. The fourth-order valence-electron chi connectivity index (χ4n) is 1.91. The molecule has 1 N–H and O–H groups in total. The third-order valence-corrected chi connectivity index (χ3v) is 4.47. The van der Waals surface area contributed by atoms with Crippen molar-refractivity contribution in [3.63, 3.8) is 0 Å². The summed E-state index contributed by atoms with van der Waals surface area (Å²) < 4.78 is 15.1. The summed E-state index contributed by atoms with van der Waals surface area (Å²) in [7, 11) is 4.08. The van der Waals surface area contributed by atoms with Crippen LogP contribution < -0.4 is 4.90 Å². The molecule has 22 heavy (non-hydrogen) atoms. The van der Waals surface area contributed by atoms with Gasteiger partial charge in [0.05, 0.1) is 19.8 Å². The van der Waals surface area contributed by atoms with Crippen LogP contribution in [0.15, 0.2) is 29.4 Å². The maximum absolute atomic E-state index is 13.2. The van der Waals surface area contributed by atoms with E-state index in [0.717, 1.165) is 11.5 Å². The van der Waals surface area contributed by atoms with E-state index < -0.39 is 0 Å². The average molecular weight is 323 g/mol. The van der Waals surface area contributed by atoms with E-state index in [-0.39, 0.29) is 17.6 Å². The molecule has 2 rings (SSSR count). The number of Topliss-reactive ketones (excluding diaryl/α,β-unsaturated/α-hetero) is 1. The van der Waals surface area contributed by atoms with Gasteiger partial charge in [-0.1, -0.05) is 11.8 Å². The molecule has 0 amide bonds. The van der Waals surface area contributed by atoms with E-state index in [2.05, 4.69) is 17.1 Å². The number of ketones is 1. The quantitative estimate of drug-likeness (QED) is 0.814. The fraction of sp³-hybridized carbons (Fsp3) is 0.400. The molecule has 1 aromatic carbocycles. The van der Waals surface area contributed by atoms with Crippen LogP contribution in [0.4, 0.5) is 4.39 Å². The Kier molecular flexibility index (Phi) is 5.31. The van der Waals surface area contributed by atoms with Gasteiger partial charge in [-0.3, -0.25) is 9.36 Å². The van der Waals surface area contributed by atoms with Crippen molar-refractivity contribution in [1.82, 2.24) is 14.8 Å². The summed E-state index contributed by atoms with van der Waals surface area (Å²) in [5.74, 6) is 0.912. The first kappa shape index (κ1) is 16.6. The van der Waals surface area contributed by atoms with Gasteiger partial charge in [0.1, 0.15) is 17.6 Å². The average Bonchev–Trinajstić information content (AvgIpc) is 2.88. The smallest absolute Gasteiger partial charge is 0.196 e. The second-order valence-electron chi connectivity index (χ2n) is 5.44. The monoisotopic (exact) mass is 323 g/mol. The molecule has 0 aliphatic rings. The van der Waals surface area contributed by atoms with Crippen molar-refractivity contribution < 1.29 is 14.1 Å². The molecule has 5 nitrogen and oxygen atoms in total. The molecule has 0 fully saturated rings. The Morgan fingerprint density at radius 3 is 2.50 bits per heavy atom. The lowest BCUT2D eigenvalue weighted by Gasteiger charge is -2.18. The van der Waals surface area contributed by atoms with Crippen molar-refractivity contribution in [3.05, 3.63) is 35.9 Å². The van der Waals surface area contributed by atoms with Crippen LogP contribution in [0.2, 0.25) is 0 Å². The number of halogens is 1. The predicted molar refractivity (Wildman–Crippen MR) is 83.9 cm³/mol. The molecule has 0 saturated carbocycles. The van der Waals surface area contributed by atoms with Gasteiger partial charge in [0.15, 0.2) is 11.0 Å². The number of nitrogens with zero attached hydrogens (tertiary/aromatic N) is 3. The zero-order chi connectivity index (χ0) is 16.3. The Morgan fingerprint density at radius 1 is 1.32 bits per heavy atom. The number of carbonyl (C=O) groups is 1. The molecule has 1 aromatic heterocycles. The minimum Gasteiger partial charge on any atom is -0.331 e. The summed E-state index contributed by atoms with van der Waals surface area (Å²) >= 11 is 1.34. The van der Waals surface area contributed by atoms with Crippen molar-refractivity contribution in [2.24, 2.45) is 0 Å². The summed E-state index contributed by atoms with van der Waals surface area (Å²) in [5.41, 5.74) is 0.792. The summed E-state index contributed by atoms with van der Waals surface area (Å²) in [4.78, 5) is 12.4. The molecule has 1 atom stereocenters. The van der Waals surface area contributed by atoms with E-state index in [1.165, 1.54) is 28.8 Å². The molecule has 118 valence electrons. The highest BCUT2D eigenvalue weighted by molar-refractivity contribution is 7.99. The van der Waals surface area contributed by atoms with Gasteiger partial charge in [0, 0.05) is 5.69 Å². The molecule has 0 aliphatic carbocycles.